The van der Waals surface area contributed by atoms with Crippen LogP contribution in [0.15, 0.2) is 83.8 Å². The molecule has 0 bridgehead atoms. The van der Waals surface area contributed by atoms with Gasteiger partial charge in [-0.3, -0.25) is 34.3 Å². The Hall–Kier alpha value is -5.92. The highest BCUT2D eigenvalue weighted by atomic mass is 32.1. The van der Waals surface area contributed by atoms with Crippen LogP contribution in [0.3, 0.4) is 0 Å². The number of pyridine rings is 1. The van der Waals surface area contributed by atoms with Gasteiger partial charge in [0.25, 0.3) is 5.91 Å². The Labute approximate surface area is 387 Å². The molecule has 16 nitrogen and oxygen atoms in total. The van der Waals surface area contributed by atoms with E-state index in [1.54, 1.807) is 34.6 Å². The first-order chi connectivity index (χ1) is 31.3. The largest absolute Gasteiger partial charge is 0.377 e. The van der Waals surface area contributed by atoms with Gasteiger partial charge >= 0.3 is 0 Å². The number of benzene rings is 2. The molecule has 1 fully saturated rings. The van der Waals surface area contributed by atoms with Crippen LogP contribution >= 0.6 is 22.7 Å². The summed E-state index contributed by atoms with van der Waals surface area (Å²) in [7, 11) is 0. The minimum Gasteiger partial charge on any atom is -0.377 e. The average Bonchev–Trinajstić information content (AvgIpc) is 4.09. The number of rotatable bonds is 21. The summed E-state index contributed by atoms with van der Waals surface area (Å²) in [4.78, 5) is 77.5. The SMILES string of the molecule is Cc1ccc(C(=O)Nc2nc(-c3ccccn3)cs2)cc1.Cc1ncsc1-c1ccc(CNC(=O)C2CCCN2C(=O)C(NC(=O)COCCOCCOCCNC=O)C(C)(C)C)cc1. The van der Waals surface area contributed by atoms with E-state index in [4.69, 9.17) is 14.2 Å². The van der Waals surface area contributed by atoms with Gasteiger partial charge in [0, 0.05) is 36.8 Å². The van der Waals surface area contributed by atoms with Crippen molar-refractivity contribution < 1.29 is 38.2 Å². The number of ether oxygens (including phenoxy) is 3. The molecule has 2 aromatic carbocycles. The average molecular weight is 927 g/mol. The Balaban J connectivity index is 0.000000312. The first-order valence-corrected chi connectivity index (χ1v) is 23.1. The second-order valence-corrected chi connectivity index (χ2v) is 17.9. The van der Waals surface area contributed by atoms with Crippen molar-refractivity contribution in [2.45, 2.75) is 66.1 Å². The van der Waals surface area contributed by atoms with Gasteiger partial charge in [-0.15, -0.1) is 22.7 Å². The fourth-order valence-electron chi connectivity index (χ4n) is 6.61. The number of thiazole rings is 2. The predicted molar refractivity (Wildman–Crippen MR) is 251 cm³/mol. The molecule has 4 heterocycles. The summed E-state index contributed by atoms with van der Waals surface area (Å²) in [6.45, 7) is 12.3. The maximum atomic E-state index is 13.7. The van der Waals surface area contributed by atoms with Gasteiger partial charge in [0.05, 0.1) is 54.8 Å². The van der Waals surface area contributed by atoms with Gasteiger partial charge in [-0.25, -0.2) is 9.97 Å². The monoisotopic (exact) mass is 926 g/mol. The highest BCUT2D eigenvalue weighted by Crippen LogP contribution is 2.28. The molecule has 18 heteroatoms. The molecule has 6 rings (SSSR count). The number of carbonyl (C=O) groups is 5. The van der Waals surface area contributed by atoms with Crippen LogP contribution in [0.4, 0.5) is 5.13 Å². The third-order valence-electron chi connectivity index (χ3n) is 10.1. The standard InChI is InChI=1S/C31H45N5O7S.C16H13N3OS/c1-22-27(44-21-34-22)24-9-7-23(8-10-24)18-33-29(39)25-6-5-12-36(25)30(40)28(31(2,3)4)35-26(38)19-43-17-16-42-15-14-41-13-11-32-20-37;1-11-5-7-12(8-6-11)15(20)19-16-18-14(10-21-16)13-4-2-3-9-17-13/h7-10,20-21,25,28H,5-6,11-19H2,1-4H3,(H,32,37)(H,33,39)(H,35,38);2-10H,1H3,(H,18,19,20). The van der Waals surface area contributed by atoms with Crippen LogP contribution in [-0.2, 0) is 39.9 Å². The predicted octanol–water partition coefficient (Wildman–Crippen LogP) is 5.82. The fraction of sp³-hybridized carbons (Fsp3) is 0.404. The Bertz CT molecular complexity index is 2280. The summed E-state index contributed by atoms with van der Waals surface area (Å²) < 4.78 is 16.1. The number of carbonyl (C=O) groups excluding carboxylic acids is 5. The van der Waals surface area contributed by atoms with Crippen LogP contribution in [0.5, 0.6) is 0 Å². The van der Waals surface area contributed by atoms with Crippen LogP contribution in [0, 0.1) is 19.3 Å². The van der Waals surface area contributed by atoms with E-state index in [-0.39, 0.29) is 37.5 Å². The molecule has 2 atom stereocenters. The van der Waals surface area contributed by atoms with Crippen molar-refractivity contribution in [3.8, 4) is 21.8 Å². The normalized spacial score (nSPS) is 13.9. The second-order valence-electron chi connectivity index (χ2n) is 16.2. The van der Waals surface area contributed by atoms with Crippen LogP contribution in [0.25, 0.3) is 21.8 Å². The van der Waals surface area contributed by atoms with E-state index in [0.29, 0.717) is 69.4 Å². The van der Waals surface area contributed by atoms with Crippen LogP contribution < -0.4 is 21.3 Å². The molecule has 1 aliphatic heterocycles. The van der Waals surface area contributed by atoms with Gasteiger partial charge in [0.1, 0.15) is 24.4 Å². The number of hydrogen-bond donors (Lipinski definition) is 4. The molecule has 0 spiro atoms. The zero-order valence-corrected chi connectivity index (χ0v) is 39.1. The number of likely N-dealkylation sites (tertiary alicyclic amines) is 1. The molecule has 1 saturated heterocycles. The molecule has 4 N–H and O–H groups in total. The van der Waals surface area contributed by atoms with E-state index >= 15 is 0 Å². The van der Waals surface area contributed by atoms with Crippen molar-refractivity contribution in [2.75, 3.05) is 58.0 Å². The third kappa shape index (κ3) is 15.9. The van der Waals surface area contributed by atoms with Gasteiger partial charge < -0.3 is 35.1 Å². The van der Waals surface area contributed by atoms with Gasteiger partial charge in [-0.05, 0) is 67.5 Å². The van der Waals surface area contributed by atoms with Crippen molar-refractivity contribution in [3.63, 3.8) is 0 Å². The molecular formula is C47H58N8O8S2. The molecule has 2 unspecified atom stereocenters. The Morgan fingerprint density at radius 3 is 2.26 bits per heavy atom. The molecule has 0 radical (unpaired) electrons. The molecular weight excluding hydrogens is 869 g/mol. The molecule has 65 heavy (non-hydrogen) atoms. The lowest BCUT2D eigenvalue weighted by Gasteiger charge is -2.35. The van der Waals surface area contributed by atoms with E-state index in [2.05, 4.69) is 36.2 Å². The van der Waals surface area contributed by atoms with E-state index in [1.165, 1.54) is 11.3 Å². The Morgan fingerprint density at radius 1 is 0.877 bits per heavy atom. The fourth-order valence-corrected chi connectivity index (χ4v) is 8.12. The summed E-state index contributed by atoms with van der Waals surface area (Å²) in [6, 6.07) is 19.7. The number of hydrogen-bond acceptors (Lipinski definition) is 13. The minimum absolute atomic E-state index is 0.156. The molecule has 5 amide bonds. The van der Waals surface area contributed by atoms with Crippen molar-refractivity contribution >= 4 is 57.8 Å². The lowest BCUT2D eigenvalue weighted by Crippen LogP contribution is -2.58. The number of aryl methyl sites for hydroxylation is 2. The summed E-state index contributed by atoms with van der Waals surface area (Å²) in [5.41, 5.74) is 7.59. The van der Waals surface area contributed by atoms with Gasteiger partial charge in [0.15, 0.2) is 5.13 Å². The van der Waals surface area contributed by atoms with Crippen molar-refractivity contribution in [1.82, 2.24) is 35.8 Å². The minimum atomic E-state index is -0.822. The summed E-state index contributed by atoms with van der Waals surface area (Å²) in [6.07, 6.45) is 3.61. The first kappa shape index (κ1) is 50.1. The number of amides is 5. The summed E-state index contributed by atoms with van der Waals surface area (Å²) >= 11 is 2.98. The molecule has 346 valence electrons. The smallest absolute Gasteiger partial charge is 0.257 e. The second kappa shape index (κ2) is 25.5. The zero-order chi connectivity index (χ0) is 46.6. The van der Waals surface area contributed by atoms with Crippen molar-refractivity contribution in [2.24, 2.45) is 5.41 Å². The van der Waals surface area contributed by atoms with Crippen LogP contribution in [0.2, 0.25) is 0 Å². The van der Waals surface area contributed by atoms with Crippen LogP contribution in [-0.4, -0.2) is 115 Å². The maximum Gasteiger partial charge on any atom is 0.257 e. The topological polar surface area (TPSA) is 203 Å². The lowest BCUT2D eigenvalue weighted by molar-refractivity contribution is -0.144. The first-order valence-electron chi connectivity index (χ1n) is 21.4. The molecule has 0 aliphatic carbocycles. The van der Waals surface area contributed by atoms with Gasteiger partial charge in [0.2, 0.25) is 24.1 Å². The van der Waals surface area contributed by atoms with E-state index in [0.717, 1.165) is 38.6 Å². The summed E-state index contributed by atoms with van der Waals surface area (Å²) in [5, 5.41) is 13.6. The number of nitrogens with zero attached hydrogens (tertiary/aromatic N) is 4. The van der Waals surface area contributed by atoms with Crippen LogP contribution in [0.1, 0.15) is 60.8 Å². The quantitative estimate of drug-likeness (QED) is 0.0511. The highest BCUT2D eigenvalue weighted by molar-refractivity contribution is 7.14. The third-order valence-corrected chi connectivity index (χ3v) is 11.8. The Kier molecular flexibility index (Phi) is 19.7. The zero-order valence-electron chi connectivity index (χ0n) is 37.5. The molecule has 5 aromatic rings. The number of nitrogens with one attached hydrogen (secondary N) is 4. The van der Waals surface area contributed by atoms with E-state index in [9.17, 15) is 24.0 Å². The maximum absolute atomic E-state index is 13.7. The van der Waals surface area contributed by atoms with E-state index in [1.807, 2.05) is 100 Å². The summed E-state index contributed by atoms with van der Waals surface area (Å²) in [5.74, 6) is -1.05. The van der Waals surface area contributed by atoms with Gasteiger partial charge in [-0.1, -0.05) is 68.8 Å². The number of aromatic nitrogens is 3. The van der Waals surface area contributed by atoms with Crippen molar-refractivity contribution in [3.05, 3.63) is 106 Å². The molecule has 1 aliphatic rings. The van der Waals surface area contributed by atoms with Gasteiger partial charge in [-0.2, -0.15) is 0 Å². The molecule has 3 aromatic heterocycles. The molecule has 0 saturated carbocycles. The number of anilines is 1. The lowest BCUT2D eigenvalue weighted by atomic mass is 9.85. The Morgan fingerprint density at radius 2 is 1.60 bits per heavy atom. The highest BCUT2D eigenvalue weighted by Gasteiger charge is 2.41. The van der Waals surface area contributed by atoms with Crippen molar-refractivity contribution in [1.29, 1.82) is 0 Å². The van der Waals surface area contributed by atoms with E-state index < -0.39 is 23.4 Å².